The molecule has 1 aromatic heterocycles. The number of nitrogens with zero attached hydrogens (tertiary/aromatic N) is 3. The molecule has 2 aromatic carbocycles. The Bertz CT molecular complexity index is 1160. The van der Waals surface area contributed by atoms with E-state index in [0.29, 0.717) is 40.4 Å². The Labute approximate surface area is 171 Å². The number of amides is 2. The molecule has 1 aliphatic heterocycles. The van der Waals surface area contributed by atoms with Crippen molar-refractivity contribution in [3.63, 3.8) is 0 Å². The van der Waals surface area contributed by atoms with Crippen molar-refractivity contribution in [2.24, 2.45) is 7.05 Å². The van der Waals surface area contributed by atoms with Crippen LogP contribution in [0.3, 0.4) is 0 Å². The second-order valence-corrected chi connectivity index (χ2v) is 7.72. The Morgan fingerprint density at radius 3 is 2.69 bits per heavy atom. The topological polar surface area (TPSA) is 84.3 Å². The number of rotatable bonds is 5. The molecule has 1 fully saturated rings. The van der Waals surface area contributed by atoms with Gasteiger partial charge in [0.05, 0.1) is 28.0 Å². The molecular formula is C21H20N4O3S. The van der Waals surface area contributed by atoms with E-state index < -0.39 is 0 Å². The van der Waals surface area contributed by atoms with E-state index in [1.807, 2.05) is 24.3 Å². The average Bonchev–Trinajstić information content (AvgIpc) is 3.16. The molecule has 1 saturated heterocycles. The lowest BCUT2D eigenvalue weighted by atomic mass is 10.2. The third-order valence-corrected chi connectivity index (χ3v) is 5.85. The molecule has 8 heteroatoms. The van der Waals surface area contributed by atoms with E-state index in [1.165, 1.54) is 16.3 Å². The predicted molar refractivity (Wildman–Crippen MR) is 114 cm³/mol. The molecule has 0 aliphatic carbocycles. The summed E-state index contributed by atoms with van der Waals surface area (Å²) in [5, 5.41) is 3.91. The van der Waals surface area contributed by atoms with Gasteiger partial charge in [-0.05, 0) is 30.7 Å². The van der Waals surface area contributed by atoms with Gasteiger partial charge >= 0.3 is 0 Å². The molecule has 0 saturated carbocycles. The minimum Gasteiger partial charge on any atom is -0.324 e. The molecule has 2 heterocycles. The van der Waals surface area contributed by atoms with Crippen LogP contribution in [0.5, 0.6) is 0 Å². The number of benzene rings is 2. The summed E-state index contributed by atoms with van der Waals surface area (Å²) >= 11 is 1.20. The average molecular weight is 408 g/mol. The SMILES string of the molecule is Cn1c(SCC(=O)Nc2ccccc2N2CCCC2=O)nc2ccccc2c1=O. The van der Waals surface area contributed by atoms with Crippen LogP contribution in [0.4, 0.5) is 11.4 Å². The minimum absolute atomic E-state index is 0.0661. The van der Waals surface area contributed by atoms with Crippen LogP contribution in [0.2, 0.25) is 0 Å². The minimum atomic E-state index is -0.225. The van der Waals surface area contributed by atoms with E-state index in [9.17, 15) is 14.4 Å². The number of carbonyl (C=O) groups is 2. The van der Waals surface area contributed by atoms with Crippen LogP contribution in [0.1, 0.15) is 12.8 Å². The van der Waals surface area contributed by atoms with Gasteiger partial charge in [0.2, 0.25) is 11.8 Å². The molecule has 0 spiro atoms. The Morgan fingerprint density at radius 2 is 1.90 bits per heavy atom. The highest BCUT2D eigenvalue weighted by Gasteiger charge is 2.24. The van der Waals surface area contributed by atoms with Gasteiger partial charge < -0.3 is 10.2 Å². The molecule has 1 aliphatic rings. The first-order valence-corrected chi connectivity index (χ1v) is 10.3. The lowest BCUT2D eigenvalue weighted by molar-refractivity contribution is -0.117. The van der Waals surface area contributed by atoms with Crippen LogP contribution >= 0.6 is 11.8 Å². The molecule has 0 atom stereocenters. The van der Waals surface area contributed by atoms with E-state index in [-0.39, 0.29) is 23.1 Å². The summed E-state index contributed by atoms with van der Waals surface area (Å²) in [5.41, 5.74) is 1.78. The van der Waals surface area contributed by atoms with Gasteiger partial charge in [0.1, 0.15) is 0 Å². The van der Waals surface area contributed by atoms with Crippen molar-refractivity contribution in [2.45, 2.75) is 18.0 Å². The quantitative estimate of drug-likeness (QED) is 0.518. The summed E-state index contributed by atoms with van der Waals surface area (Å²) in [6.45, 7) is 0.656. The molecule has 0 bridgehead atoms. The first-order chi connectivity index (χ1) is 14.0. The van der Waals surface area contributed by atoms with Crippen molar-refractivity contribution in [3.8, 4) is 0 Å². The molecule has 0 unspecified atom stereocenters. The fourth-order valence-corrected chi connectivity index (χ4v) is 4.13. The normalized spacial score (nSPS) is 13.8. The standard InChI is InChI=1S/C21H20N4O3S/c1-24-20(28)14-7-2-3-8-15(14)23-21(24)29-13-18(26)22-16-9-4-5-10-17(16)25-12-6-11-19(25)27/h2-5,7-10H,6,11-13H2,1H3,(H,22,26). The predicted octanol–water partition coefficient (Wildman–Crippen LogP) is 2.79. The van der Waals surface area contributed by atoms with Crippen molar-refractivity contribution in [2.75, 3.05) is 22.5 Å². The van der Waals surface area contributed by atoms with Gasteiger partial charge in [-0.3, -0.25) is 19.0 Å². The van der Waals surface area contributed by atoms with Gasteiger partial charge in [-0.25, -0.2) is 4.98 Å². The molecule has 148 valence electrons. The maximum absolute atomic E-state index is 12.5. The zero-order valence-corrected chi connectivity index (χ0v) is 16.7. The maximum atomic E-state index is 12.5. The first kappa shape index (κ1) is 19.2. The van der Waals surface area contributed by atoms with Gasteiger partial charge in [-0.2, -0.15) is 0 Å². The van der Waals surface area contributed by atoms with E-state index in [2.05, 4.69) is 10.3 Å². The van der Waals surface area contributed by atoms with Crippen LogP contribution in [0.25, 0.3) is 10.9 Å². The van der Waals surface area contributed by atoms with Gasteiger partial charge in [-0.1, -0.05) is 36.0 Å². The highest BCUT2D eigenvalue weighted by atomic mass is 32.2. The highest BCUT2D eigenvalue weighted by Crippen LogP contribution is 2.29. The summed E-state index contributed by atoms with van der Waals surface area (Å²) in [4.78, 5) is 43.3. The van der Waals surface area contributed by atoms with Crippen LogP contribution in [-0.4, -0.2) is 33.7 Å². The summed E-state index contributed by atoms with van der Waals surface area (Å²) in [6.07, 6.45) is 1.35. The van der Waals surface area contributed by atoms with Crippen LogP contribution in [0, 0.1) is 0 Å². The number of fused-ring (bicyclic) bond motifs is 1. The lowest BCUT2D eigenvalue weighted by Crippen LogP contribution is -2.26. The summed E-state index contributed by atoms with van der Waals surface area (Å²) in [5.74, 6) is -0.0612. The fourth-order valence-electron chi connectivity index (χ4n) is 3.36. The third-order valence-electron chi connectivity index (χ3n) is 4.82. The zero-order valence-electron chi connectivity index (χ0n) is 15.9. The Balaban J connectivity index is 1.49. The number of anilines is 2. The van der Waals surface area contributed by atoms with Crippen molar-refractivity contribution in [3.05, 3.63) is 58.9 Å². The number of carbonyl (C=O) groups excluding carboxylic acids is 2. The Kier molecular flexibility index (Phi) is 5.35. The van der Waals surface area contributed by atoms with Crippen LogP contribution < -0.4 is 15.8 Å². The Hall–Kier alpha value is -3.13. The van der Waals surface area contributed by atoms with Gasteiger partial charge in [0, 0.05) is 20.0 Å². The van der Waals surface area contributed by atoms with Crippen LogP contribution in [-0.2, 0) is 16.6 Å². The van der Waals surface area contributed by atoms with Crippen molar-refractivity contribution >= 4 is 45.9 Å². The number of nitrogens with one attached hydrogen (secondary N) is 1. The van der Waals surface area contributed by atoms with E-state index in [1.54, 1.807) is 36.2 Å². The Morgan fingerprint density at radius 1 is 1.14 bits per heavy atom. The summed E-state index contributed by atoms with van der Waals surface area (Å²) in [6, 6.07) is 14.4. The lowest BCUT2D eigenvalue weighted by Gasteiger charge is -2.20. The van der Waals surface area contributed by atoms with Gasteiger partial charge in [0.15, 0.2) is 5.16 Å². The highest BCUT2D eigenvalue weighted by molar-refractivity contribution is 7.99. The first-order valence-electron chi connectivity index (χ1n) is 9.32. The molecule has 7 nitrogen and oxygen atoms in total. The maximum Gasteiger partial charge on any atom is 0.261 e. The molecule has 4 rings (SSSR count). The summed E-state index contributed by atoms with van der Waals surface area (Å²) < 4.78 is 1.46. The number of hydrogen-bond acceptors (Lipinski definition) is 5. The second kappa shape index (κ2) is 8.08. The van der Waals surface area contributed by atoms with Gasteiger partial charge in [-0.15, -0.1) is 0 Å². The smallest absolute Gasteiger partial charge is 0.261 e. The van der Waals surface area contributed by atoms with Gasteiger partial charge in [0.25, 0.3) is 5.56 Å². The van der Waals surface area contributed by atoms with E-state index in [0.717, 1.165) is 6.42 Å². The molecule has 2 amide bonds. The van der Waals surface area contributed by atoms with Crippen molar-refractivity contribution in [1.82, 2.24) is 9.55 Å². The van der Waals surface area contributed by atoms with E-state index >= 15 is 0 Å². The molecule has 29 heavy (non-hydrogen) atoms. The molecule has 0 radical (unpaired) electrons. The van der Waals surface area contributed by atoms with Crippen molar-refractivity contribution < 1.29 is 9.59 Å². The fraction of sp³-hybridized carbons (Fsp3) is 0.238. The van der Waals surface area contributed by atoms with E-state index in [4.69, 9.17) is 0 Å². The number of hydrogen-bond donors (Lipinski definition) is 1. The largest absolute Gasteiger partial charge is 0.324 e. The number of aromatic nitrogens is 2. The number of thioether (sulfide) groups is 1. The monoisotopic (exact) mass is 408 g/mol. The third kappa shape index (κ3) is 3.88. The summed E-state index contributed by atoms with van der Waals surface area (Å²) in [7, 11) is 1.65. The second-order valence-electron chi connectivity index (χ2n) is 6.78. The number of para-hydroxylation sites is 3. The molecule has 1 N–H and O–H groups in total. The molecular weight excluding hydrogens is 388 g/mol. The molecule has 3 aromatic rings. The van der Waals surface area contributed by atoms with Crippen LogP contribution in [0.15, 0.2) is 58.5 Å². The van der Waals surface area contributed by atoms with Crippen molar-refractivity contribution in [1.29, 1.82) is 0 Å². The zero-order chi connectivity index (χ0) is 20.4.